The van der Waals surface area contributed by atoms with Gasteiger partial charge in [-0.2, -0.15) is 0 Å². The molecule has 0 aliphatic carbocycles. The maximum atomic E-state index is 13.6. The molecule has 0 atom stereocenters. The lowest BCUT2D eigenvalue weighted by Crippen LogP contribution is -2.16. The number of aryl methyl sites for hydroxylation is 2. The van der Waals surface area contributed by atoms with Crippen LogP contribution in [0.15, 0.2) is 40.8 Å². The van der Waals surface area contributed by atoms with Gasteiger partial charge in [0.05, 0.1) is 0 Å². The SMILES string of the molecule is Cc1ccc(C)c(-c2nnc(NC(=O)c3c(F)cccc3F)o2)c1. The number of carbonyl (C=O) groups excluding carboxylic acids is 1. The van der Waals surface area contributed by atoms with Crippen molar-refractivity contribution in [2.45, 2.75) is 13.8 Å². The van der Waals surface area contributed by atoms with E-state index in [0.717, 1.165) is 28.8 Å². The lowest BCUT2D eigenvalue weighted by molar-refractivity contribution is 0.101. The molecular weight excluding hydrogens is 316 g/mol. The topological polar surface area (TPSA) is 68.0 Å². The first kappa shape index (κ1) is 15.8. The zero-order chi connectivity index (χ0) is 17.3. The number of aromatic nitrogens is 2. The molecule has 2 aromatic carbocycles. The van der Waals surface area contributed by atoms with Crippen LogP contribution in [0.3, 0.4) is 0 Å². The van der Waals surface area contributed by atoms with Crippen LogP contribution in [-0.2, 0) is 0 Å². The van der Waals surface area contributed by atoms with Gasteiger partial charge in [0.1, 0.15) is 17.2 Å². The van der Waals surface area contributed by atoms with Crippen LogP contribution in [0.1, 0.15) is 21.5 Å². The molecule has 0 fully saturated rings. The second-order valence-corrected chi connectivity index (χ2v) is 5.28. The fourth-order valence-corrected chi connectivity index (χ4v) is 2.22. The number of amides is 1. The predicted octanol–water partition coefficient (Wildman–Crippen LogP) is 3.88. The van der Waals surface area contributed by atoms with Crippen molar-refractivity contribution in [1.29, 1.82) is 0 Å². The third-order valence-corrected chi connectivity index (χ3v) is 3.46. The second kappa shape index (κ2) is 6.19. The van der Waals surface area contributed by atoms with E-state index in [4.69, 9.17) is 4.42 Å². The highest BCUT2D eigenvalue weighted by atomic mass is 19.1. The average molecular weight is 329 g/mol. The highest BCUT2D eigenvalue weighted by Crippen LogP contribution is 2.25. The van der Waals surface area contributed by atoms with E-state index in [1.807, 2.05) is 32.0 Å². The van der Waals surface area contributed by atoms with E-state index in [1.165, 1.54) is 6.07 Å². The summed E-state index contributed by atoms with van der Waals surface area (Å²) in [6, 6.07) is 8.64. The zero-order valence-corrected chi connectivity index (χ0v) is 12.9. The van der Waals surface area contributed by atoms with Crippen molar-refractivity contribution in [3.63, 3.8) is 0 Å². The Morgan fingerprint density at radius 1 is 1.08 bits per heavy atom. The molecule has 1 heterocycles. The molecule has 122 valence electrons. The van der Waals surface area contributed by atoms with Gasteiger partial charge < -0.3 is 4.42 Å². The van der Waals surface area contributed by atoms with Crippen LogP contribution in [0.4, 0.5) is 14.8 Å². The molecule has 3 aromatic rings. The van der Waals surface area contributed by atoms with E-state index in [2.05, 4.69) is 15.5 Å². The van der Waals surface area contributed by atoms with Crippen LogP contribution in [0, 0.1) is 25.5 Å². The van der Waals surface area contributed by atoms with Gasteiger partial charge in [-0.25, -0.2) is 8.78 Å². The summed E-state index contributed by atoms with van der Waals surface area (Å²) in [5.74, 6) is -2.73. The average Bonchev–Trinajstić information content (AvgIpc) is 2.97. The Morgan fingerprint density at radius 3 is 2.50 bits per heavy atom. The van der Waals surface area contributed by atoms with Crippen molar-refractivity contribution in [2.75, 3.05) is 5.32 Å². The van der Waals surface area contributed by atoms with Crippen LogP contribution < -0.4 is 5.32 Å². The Balaban J connectivity index is 1.87. The molecule has 7 heteroatoms. The minimum Gasteiger partial charge on any atom is -0.403 e. The van der Waals surface area contributed by atoms with Gasteiger partial charge in [0, 0.05) is 5.56 Å². The number of anilines is 1. The molecule has 3 rings (SSSR count). The molecule has 0 aliphatic rings. The smallest absolute Gasteiger partial charge is 0.322 e. The van der Waals surface area contributed by atoms with Crippen LogP contribution in [0.5, 0.6) is 0 Å². The second-order valence-electron chi connectivity index (χ2n) is 5.28. The number of halogens is 2. The van der Waals surface area contributed by atoms with Crippen LogP contribution in [-0.4, -0.2) is 16.1 Å². The van der Waals surface area contributed by atoms with E-state index in [0.29, 0.717) is 0 Å². The highest BCUT2D eigenvalue weighted by molar-refractivity contribution is 6.03. The Bertz CT molecular complexity index is 902. The Kier molecular flexibility index (Phi) is 4.07. The zero-order valence-electron chi connectivity index (χ0n) is 12.9. The summed E-state index contributed by atoms with van der Waals surface area (Å²) in [5, 5.41) is 9.76. The number of carbonyl (C=O) groups is 1. The molecule has 0 saturated heterocycles. The Morgan fingerprint density at radius 2 is 1.79 bits per heavy atom. The van der Waals surface area contributed by atoms with Crippen molar-refractivity contribution in [1.82, 2.24) is 10.2 Å². The number of benzene rings is 2. The fraction of sp³-hybridized carbons (Fsp3) is 0.118. The molecule has 1 amide bonds. The van der Waals surface area contributed by atoms with E-state index in [1.54, 1.807) is 0 Å². The molecular formula is C17H13F2N3O2. The molecule has 24 heavy (non-hydrogen) atoms. The molecule has 0 radical (unpaired) electrons. The summed E-state index contributed by atoms with van der Waals surface area (Å²) < 4.78 is 32.6. The largest absolute Gasteiger partial charge is 0.403 e. The first-order valence-corrected chi connectivity index (χ1v) is 7.12. The van der Waals surface area contributed by atoms with Crippen molar-refractivity contribution in [3.8, 4) is 11.5 Å². The summed E-state index contributed by atoms with van der Waals surface area (Å²) in [7, 11) is 0. The fourth-order valence-electron chi connectivity index (χ4n) is 2.22. The van der Waals surface area contributed by atoms with Crippen molar-refractivity contribution in [3.05, 3.63) is 64.7 Å². The van der Waals surface area contributed by atoms with Crippen molar-refractivity contribution >= 4 is 11.9 Å². The van der Waals surface area contributed by atoms with Crippen molar-refractivity contribution in [2.24, 2.45) is 0 Å². The van der Waals surface area contributed by atoms with Gasteiger partial charge in [0.2, 0.25) is 5.89 Å². The minimum atomic E-state index is -0.998. The van der Waals surface area contributed by atoms with Gasteiger partial charge in [0.15, 0.2) is 0 Å². The molecule has 0 spiro atoms. The molecule has 0 unspecified atom stereocenters. The molecule has 0 saturated carbocycles. The monoisotopic (exact) mass is 329 g/mol. The number of hydrogen-bond acceptors (Lipinski definition) is 4. The third-order valence-electron chi connectivity index (χ3n) is 3.46. The summed E-state index contributed by atoms with van der Waals surface area (Å²) in [5.41, 5.74) is 1.94. The van der Waals surface area contributed by atoms with E-state index >= 15 is 0 Å². The maximum absolute atomic E-state index is 13.6. The van der Waals surface area contributed by atoms with Gasteiger partial charge in [-0.1, -0.05) is 28.9 Å². The van der Waals surface area contributed by atoms with Gasteiger partial charge in [-0.05, 0) is 37.6 Å². The Hall–Kier alpha value is -3.09. The maximum Gasteiger partial charge on any atom is 0.322 e. The van der Waals surface area contributed by atoms with E-state index in [9.17, 15) is 13.6 Å². The minimum absolute atomic E-state index is 0.209. The molecule has 1 aromatic heterocycles. The molecule has 1 N–H and O–H groups in total. The standard InChI is InChI=1S/C17H13F2N3O2/c1-9-6-7-10(2)11(8-9)16-21-22-17(24-16)20-15(23)14-12(18)4-3-5-13(14)19/h3-8H,1-2H3,(H,20,22,23). The lowest BCUT2D eigenvalue weighted by atomic mass is 10.1. The van der Waals surface area contributed by atoms with Gasteiger partial charge in [0.25, 0.3) is 5.91 Å². The summed E-state index contributed by atoms with van der Waals surface area (Å²) in [6.07, 6.45) is 0. The van der Waals surface area contributed by atoms with Gasteiger partial charge in [-0.15, -0.1) is 5.10 Å². The lowest BCUT2D eigenvalue weighted by Gasteiger charge is -2.04. The van der Waals surface area contributed by atoms with Crippen LogP contribution in [0.2, 0.25) is 0 Å². The first-order valence-electron chi connectivity index (χ1n) is 7.12. The van der Waals surface area contributed by atoms with E-state index in [-0.39, 0.29) is 11.9 Å². The molecule has 5 nitrogen and oxygen atoms in total. The summed E-state index contributed by atoms with van der Waals surface area (Å²) in [6.45, 7) is 3.80. The number of rotatable bonds is 3. The molecule has 0 bridgehead atoms. The normalized spacial score (nSPS) is 10.7. The number of hydrogen-bond donors (Lipinski definition) is 1. The van der Waals surface area contributed by atoms with Gasteiger partial charge >= 0.3 is 6.01 Å². The number of nitrogens with zero attached hydrogens (tertiary/aromatic N) is 2. The third kappa shape index (κ3) is 3.01. The van der Waals surface area contributed by atoms with Gasteiger partial charge in [-0.3, -0.25) is 10.1 Å². The van der Waals surface area contributed by atoms with Crippen molar-refractivity contribution < 1.29 is 18.0 Å². The van der Waals surface area contributed by atoms with Crippen LogP contribution in [0.25, 0.3) is 11.5 Å². The van der Waals surface area contributed by atoms with E-state index < -0.39 is 23.1 Å². The first-order chi connectivity index (χ1) is 11.5. The predicted molar refractivity (Wildman–Crippen MR) is 83.5 cm³/mol. The molecule has 0 aliphatic heterocycles. The quantitative estimate of drug-likeness (QED) is 0.792. The number of nitrogens with one attached hydrogen (secondary N) is 1. The Labute approximate surface area is 136 Å². The van der Waals surface area contributed by atoms with Crippen LogP contribution >= 0.6 is 0 Å². The summed E-state index contributed by atoms with van der Waals surface area (Å²) in [4.78, 5) is 12.0. The highest BCUT2D eigenvalue weighted by Gasteiger charge is 2.20. The summed E-state index contributed by atoms with van der Waals surface area (Å²) >= 11 is 0.